The molecular weight excluding hydrogens is 370 g/mol. The molecule has 1 aromatic heterocycles. The van der Waals surface area contributed by atoms with Crippen LogP contribution in [0.4, 0.5) is 0 Å². The van der Waals surface area contributed by atoms with E-state index in [1.165, 1.54) is 4.68 Å². The van der Waals surface area contributed by atoms with E-state index in [1.54, 1.807) is 29.3 Å². The van der Waals surface area contributed by atoms with Gasteiger partial charge in [0.05, 0.1) is 17.0 Å². The van der Waals surface area contributed by atoms with Crippen molar-refractivity contribution < 1.29 is 14.7 Å². The van der Waals surface area contributed by atoms with Crippen LogP contribution in [0.2, 0.25) is 0 Å². The zero-order valence-electron chi connectivity index (χ0n) is 15.8. The SMILES string of the molecule is O=C(Cn1ncc2ccccc2c1=O)N1CCC(C(=O)O)(c2ccccc2)CC1. The third-order valence-corrected chi connectivity index (χ3v) is 5.75. The molecule has 2 heterocycles. The molecule has 29 heavy (non-hydrogen) atoms. The quantitative estimate of drug-likeness (QED) is 0.735. The summed E-state index contributed by atoms with van der Waals surface area (Å²) in [6.45, 7) is 0.486. The number of fused-ring (bicyclic) bond motifs is 1. The third kappa shape index (κ3) is 3.40. The number of carboxylic acids is 1. The standard InChI is InChI=1S/C22H21N3O4/c26-19(15-25-20(27)18-9-5-4-6-16(18)14-23-25)24-12-10-22(11-13-24,21(28)29)17-7-2-1-3-8-17/h1-9,14H,10-13,15H2,(H,28,29). The van der Waals surface area contributed by atoms with E-state index in [-0.39, 0.29) is 18.0 Å². The van der Waals surface area contributed by atoms with Gasteiger partial charge >= 0.3 is 5.97 Å². The molecule has 148 valence electrons. The molecule has 0 spiro atoms. The first kappa shape index (κ1) is 18.9. The number of hydrogen-bond acceptors (Lipinski definition) is 4. The molecule has 1 fully saturated rings. The molecule has 0 unspecified atom stereocenters. The van der Waals surface area contributed by atoms with Crippen LogP contribution in [0.3, 0.4) is 0 Å². The summed E-state index contributed by atoms with van der Waals surface area (Å²) in [4.78, 5) is 39.0. The predicted octanol–water partition coefficient (Wildman–Crippen LogP) is 2.04. The van der Waals surface area contributed by atoms with Gasteiger partial charge in [-0.1, -0.05) is 48.5 Å². The molecule has 0 radical (unpaired) electrons. The lowest BCUT2D eigenvalue weighted by Crippen LogP contribution is -2.50. The molecule has 0 aliphatic carbocycles. The van der Waals surface area contributed by atoms with E-state index in [4.69, 9.17) is 0 Å². The zero-order chi connectivity index (χ0) is 20.4. The van der Waals surface area contributed by atoms with Crippen LogP contribution in [-0.4, -0.2) is 44.8 Å². The Labute approximate surface area is 167 Å². The van der Waals surface area contributed by atoms with Crippen LogP contribution in [0.5, 0.6) is 0 Å². The molecular formula is C22H21N3O4. The number of carbonyl (C=O) groups is 2. The number of aromatic nitrogens is 2. The minimum atomic E-state index is -0.990. The van der Waals surface area contributed by atoms with Gasteiger partial charge in [-0.05, 0) is 24.5 Å². The second-order valence-corrected chi connectivity index (χ2v) is 7.33. The van der Waals surface area contributed by atoms with Crippen LogP contribution >= 0.6 is 0 Å². The highest BCUT2D eigenvalue weighted by molar-refractivity contribution is 5.83. The molecule has 0 bridgehead atoms. The van der Waals surface area contributed by atoms with Crippen molar-refractivity contribution in [1.29, 1.82) is 0 Å². The Kier molecular flexibility index (Phi) is 4.88. The van der Waals surface area contributed by atoms with Crippen LogP contribution in [0.1, 0.15) is 18.4 Å². The van der Waals surface area contributed by atoms with E-state index in [0.717, 1.165) is 10.9 Å². The highest BCUT2D eigenvalue weighted by Crippen LogP contribution is 2.36. The maximum absolute atomic E-state index is 12.8. The number of rotatable bonds is 4. The van der Waals surface area contributed by atoms with Crippen molar-refractivity contribution >= 4 is 22.6 Å². The number of likely N-dealkylation sites (tertiary alicyclic amines) is 1. The van der Waals surface area contributed by atoms with Gasteiger partial charge in [0.2, 0.25) is 5.91 Å². The maximum atomic E-state index is 12.8. The Morgan fingerprint density at radius 3 is 2.34 bits per heavy atom. The highest BCUT2D eigenvalue weighted by atomic mass is 16.4. The number of hydrogen-bond donors (Lipinski definition) is 1. The smallest absolute Gasteiger partial charge is 0.314 e. The lowest BCUT2D eigenvalue weighted by Gasteiger charge is -2.39. The molecule has 1 aliphatic rings. The largest absolute Gasteiger partial charge is 0.481 e. The summed E-state index contributed by atoms with van der Waals surface area (Å²) in [7, 11) is 0. The Bertz CT molecular complexity index is 1120. The number of carbonyl (C=O) groups excluding carboxylic acids is 1. The van der Waals surface area contributed by atoms with E-state index in [2.05, 4.69) is 5.10 Å². The van der Waals surface area contributed by atoms with Crippen molar-refractivity contribution in [3.05, 3.63) is 76.7 Å². The molecule has 1 saturated heterocycles. The first-order valence-corrected chi connectivity index (χ1v) is 9.53. The summed E-state index contributed by atoms with van der Waals surface area (Å²) >= 11 is 0. The van der Waals surface area contributed by atoms with Crippen LogP contribution in [-0.2, 0) is 21.5 Å². The minimum Gasteiger partial charge on any atom is -0.481 e. The fourth-order valence-corrected chi connectivity index (χ4v) is 3.99. The van der Waals surface area contributed by atoms with Crippen molar-refractivity contribution in [3.63, 3.8) is 0 Å². The normalized spacial score (nSPS) is 15.9. The van der Waals surface area contributed by atoms with Gasteiger partial charge in [-0.2, -0.15) is 5.10 Å². The molecule has 4 rings (SSSR count). The lowest BCUT2D eigenvalue weighted by atomic mass is 9.73. The number of amides is 1. The molecule has 7 nitrogen and oxygen atoms in total. The van der Waals surface area contributed by atoms with E-state index in [9.17, 15) is 19.5 Å². The zero-order valence-corrected chi connectivity index (χ0v) is 15.8. The van der Waals surface area contributed by atoms with Gasteiger partial charge < -0.3 is 10.0 Å². The fraction of sp³-hybridized carbons (Fsp3) is 0.273. The van der Waals surface area contributed by atoms with Crippen LogP contribution in [0.25, 0.3) is 10.8 Å². The molecule has 1 N–H and O–H groups in total. The average molecular weight is 391 g/mol. The van der Waals surface area contributed by atoms with Gasteiger partial charge in [-0.3, -0.25) is 14.4 Å². The summed E-state index contributed by atoms with van der Waals surface area (Å²) in [6, 6.07) is 16.3. The summed E-state index contributed by atoms with van der Waals surface area (Å²) in [6.07, 6.45) is 2.24. The topological polar surface area (TPSA) is 92.5 Å². The minimum absolute atomic E-state index is 0.158. The van der Waals surface area contributed by atoms with E-state index in [1.807, 2.05) is 36.4 Å². The summed E-state index contributed by atoms with van der Waals surface area (Å²) in [5.41, 5.74) is -0.541. The van der Waals surface area contributed by atoms with E-state index < -0.39 is 11.4 Å². The number of aliphatic carboxylic acids is 1. The van der Waals surface area contributed by atoms with Crippen molar-refractivity contribution in [3.8, 4) is 0 Å². The van der Waals surface area contributed by atoms with Gasteiger partial charge in [-0.25, -0.2) is 4.68 Å². The lowest BCUT2D eigenvalue weighted by molar-refractivity contribution is -0.148. The van der Waals surface area contributed by atoms with Gasteiger partial charge in [0.1, 0.15) is 6.54 Å². The van der Waals surface area contributed by atoms with Gasteiger partial charge in [0.15, 0.2) is 0 Å². The Morgan fingerprint density at radius 2 is 1.66 bits per heavy atom. The molecule has 7 heteroatoms. The maximum Gasteiger partial charge on any atom is 0.314 e. The first-order chi connectivity index (χ1) is 14.0. The number of nitrogens with zero attached hydrogens (tertiary/aromatic N) is 3. The van der Waals surface area contributed by atoms with Crippen LogP contribution in [0, 0.1) is 0 Å². The van der Waals surface area contributed by atoms with Gasteiger partial charge in [0.25, 0.3) is 5.56 Å². The predicted molar refractivity (Wildman–Crippen MR) is 108 cm³/mol. The molecule has 1 amide bonds. The van der Waals surface area contributed by atoms with Crippen molar-refractivity contribution in [2.24, 2.45) is 0 Å². The highest BCUT2D eigenvalue weighted by Gasteiger charge is 2.43. The third-order valence-electron chi connectivity index (χ3n) is 5.75. The van der Waals surface area contributed by atoms with Crippen molar-refractivity contribution in [2.45, 2.75) is 24.8 Å². The van der Waals surface area contributed by atoms with Crippen LogP contribution in [0.15, 0.2) is 65.6 Å². The second-order valence-electron chi connectivity index (χ2n) is 7.33. The van der Waals surface area contributed by atoms with Gasteiger partial charge in [0, 0.05) is 18.5 Å². The van der Waals surface area contributed by atoms with Crippen molar-refractivity contribution in [1.82, 2.24) is 14.7 Å². The summed E-state index contributed by atoms with van der Waals surface area (Å²) < 4.78 is 1.17. The second kappa shape index (κ2) is 7.50. The number of piperidine rings is 1. The van der Waals surface area contributed by atoms with Gasteiger partial charge in [-0.15, -0.1) is 0 Å². The summed E-state index contributed by atoms with van der Waals surface area (Å²) in [5.74, 6) is -1.11. The number of carboxylic acid groups (broad SMARTS) is 1. The Balaban J connectivity index is 1.50. The van der Waals surface area contributed by atoms with Crippen molar-refractivity contribution in [2.75, 3.05) is 13.1 Å². The summed E-state index contributed by atoms with van der Waals surface area (Å²) in [5, 5.41) is 15.2. The Hall–Kier alpha value is -3.48. The monoisotopic (exact) mass is 391 g/mol. The average Bonchev–Trinajstić information content (AvgIpc) is 2.76. The van der Waals surface area contributed by atoms with E-state index >= 15 is 0 Å². The number of benzene rings is 2. The van der Waals surface area contributed by atoms with Crippen LogP contribution < -0.4 is 5.56 Å². The molecule has 0 saturated carbocycles. The molecule has 2 aromatic carbocycles. The fourth-order valence-electron chi connectivity index (χ4n) is 3.99. The molecule has 3 aromatic rings. The Morgan fingerprint density at radius 1 is 1.00 bits per heavy atom. The first-order valence-electron chi connectivity index (χ1n) is 9.53. The van der Waals surface area contributed by atoms with E-state index in [0.29, 0.717) is 31.3 Å². The molecule has 1 aliphatic heterocycles. The molecule has 0 atom stereocenters.